The van der Waals surface area contributed by atoms with Crippen LogP contribution >= 0.6 is 0 Å². The van der Waals surface area contributed by atoms with Gasteiger partial charge in [0.1, 0.15) is 5.82 Å². The lowest BCUT2D eigenvalue weighted by molar-refractivity contribution is 0.106. The highest BCUT2D eigenvalue weighted by molar-refractivity contribution is 5.35. The van der Waals surface area contributed by atoms with Crippen LogP contribution in [0.5, 0.6) is 0 Å². The van der Waals surface area contributed by atoms with E-state index < -0.39 is 0 Å². The Balaban J connectivity index is 2.62. The molecule has 1 aromatic heterocycles. The van der Waals surface area contributed by atoms with E-state index >= 15 is 0 Å². The van der Waals surface area contributed by atoms with Crippen LogP contribution in [0.1, 0.15) is 27.7 Å². The largest absolute Gasteiger partial charge is 0.380 e. The summed E-state index contributed by atoms with van der Waals surface area (Å²) in [6.07, 6.45) is 2.01. The second-order valence-electron chi connectivity index (χ2n) is 4.67. The van der Waals surface area contributed by atoms with Crippen molar-refractivity contribution in [3.8, 4) is 0 Å². The lowest BCUT2D eigenvalue weighted by atomic mass is 10.2. The van der Waals surface area contributed by atoms with Gasteiger partial charge in [0, 0.05) is 19.7 Å². The monoisotopic (exact) mass is 225 g/mol. The first-order valence-corrected chi connectivity index (χ1v) is 5.85. The highest BCUT2D eigenvalue weighted by atomic mass is 16.5. The van der Waals surface area contributed by atoms with Crippen LogP contribution < -0.4 is 5.32 Å². The minimum Gasteiger partial charge on any atom is -0.380 e. The van der Waals surface area contributed by atoms with Crippen molar-refractivity contribution in [3.05, 3.63) is 12.3 Å². The number of ether oxygens (including phenoxy) is 1. The van der Waals surface area contributed by atoms with Crippen molar-refractivity contribution < 1.29 is 4.74 Å². The zero-order valence-electron chi connectivity index (χ0n) is 10.9. The predicted octanol–water partition coefficient (Wildman–Crippen LogP) is 2.37. The number of hydrogen-bond acceptors (Lipinski definition) is 3. The van der Waals surface area contributed by atoms with E-state index in [2.05, 4.69) is 38.1 Å². The van der Waals surface area contributed by atoms with Gasteiger partial charge in [-0.05, 0) is 19.8 Å². The number of hydrogen-bond donors (Lipinski definition) is 1. The zero-order chi connectivity index (χ0) is 12.1. The van der Waals surface area contributed by atoms with E-state index in [0.717, 1.165) is 12.4 Å². The number of anilines is 1. The molecule has 0 radical (unpaired) electrons. The summed E-state index contributed by atoms with van der Waals surface area (Å²) in [5.74, 6) is 1.65. The summed E-state index contributed by atoms with van der Waals surface area (Å²) in [5, 5.41) is 7.73. The maximum Gasteiger partial charge on any atom is 0.124 e. The predicted molar refractivity (Wildman–Crippen MR) is 66.6 cm³/mol. The molecule has 0 bridgehead atoms. The minimum atomic E-state index is 0.183. The topological polar surface area (TPSA) is 39.1 Å². The second-order valence-corrected chi connectivity index (χ2v) is 4.67. The maximum atomic E-state index is 5.29. The van der Waals surface area contributed by atoms with Gasteiger partial charge in [0.15, 0.2) is 0 Å². The fraction of sp³-hybridized carbons (Fsp3) is 0.750. The Morgan fingerprint density at radius 2 is 2.06 bits per heavy atom. The molecule has 2 unspecified atom stereocenters. The summed E-state index contributed by atoms with van der Waals surface area (Å²) in [5.41, 5.74) is 0. The molecule has 4 heteroatoms. The van der Waals surface area contributed by atoms with Gasteiger partial charge in [-0.25, -0.2) is 4.68 Å². The minimum absolute atomic E-state index is 0.183. The number of aromatic nitrogens is 2. The Bertz CT molecular complexity index is 309. The molecule has 0 aliphatic rings. The first-order chi connectivity index (χ1) is 7.54. The van der Waals surface area contributed by atoms with Crippen molar-refractivity contribution in [2.24, 2.45) is 5.92 Å². The molecule has 1 heterocycles. The Kier molecular flexibility index (Phi) is 4.80. The summed E-state index contributed by atoms with van der Waals surface area (Å²) in [6, 6.07) is 2.27. The van der Waals surface area contributed by atoms with E-state index in [0.29, 0.717) is 5.92 Å². The van der Waals surface area contributed by atoms with Crippen LogP contribution in [0.15, 0.2) is 12.3 Å². The normalized spacial score (nSPS) is 15.1. The Morgan fingerprint density at radius 3 is 2.62 bits per heavy atom. The Hall–Kier alpha value is -1.03. The molecule has 0 amide bonds. The van der Waals surface area contributed by atoms with Crippen molar-refractivity contribution in [3.63, 3.8) is 0 Å². The van der Waals surface area contributed by atoms with Crippen molar-refractivity contribution in [1.29, 1.82) is 0 Å². The number of rotatable bonds is 6. The van der Waals surface area contributed by atoms with Gasteiger partial charge < -0.3 is 10.1 Å². The van der Waals surface area contributed by atoms with Crippen LogP contribution in [0.3, 0.4) is 0 Å². The summed E-state index contributed by atoms with van der Waals surface area (Å²) < 4.78 is 7.29. The number of nitrogens with zero attached hydrogens (tertiary/aromatic N) is 2. The lowest BCUT2D eigenvalue weighted by Gasteiger charge is -2.21. The van der Waals surface area contributed by atoms with Crippen molar-refractivity contribution in [2.45, 2.75) is 46.4 Å². The van der Waals surface area contributed by atoms with Gasteiger partial charge in [0.2, 0.25) is 0 Å². The van der Waals surface area contributed by atoms with Crippen LogP contribution in [0.2, 0.25) is 0 Å². The molecular formula is C12H23N3O. The van der Waals surface area contributed by atoms with Gasteiger partial charge >= 0.3 is 0 Å². The number of methoxy groups -OCH3 is 1. The average molecular weight is 225 g/mol. The molecule has 0 saturated carbocycles. The fourth-order valence-electron chi connectivity index (χ4n) is 1.50. The molecule has 16 heavy (non-hydrogen) atoms. The highest BCUT2D eigenvalue weighted by Gasteiger charge is 2.13. The first kappa shape index (κ1) is 13.0. The van der Waals surface area contributed by atoms with Gasteiger partial charge in [-0.15, -0.1) is 0 Å². The smallest absolute Gasteiger partial charge is 0.124 e. The molecule has 0 aromatic carbocycles. The third-order valence-electron chi connectivity index (χ3n) is 2.71. The molecule has 92 valence electrons. The van der Waals surface area contributed by atoms with E-state index in [1.165, 1.54) is 0 Å². The molecular weight excluding hydrogens is 202 g/mol. The molecule has 1 aromatic rings. The van der Waals surface area contributed by atoms with Gasteiger partial charge in [0.25, 0.3) is 0 Å². The van der Waals surface area contributed by atoms with Crippen LogP contribution in [0.25, 0.3) is 0 Å². The summed E-state index contributed by atoms with van der Waals surface area (Å²) in [6.45, 7) is 9.48. The Morgan fingerprint density at radius 1 is 1.38 bits per heavy atom. The fourth-order valence-corrected chi connectivity index (χ4v) is 1.50. The average Bonchev–Trinajstić information content (AvgIpc) is 2.63. The van der Waals surface area contributed by atoms with Crippen molar-refractivity contribution in [1.82, 2.24) is 9.78 Å². The first-order valence-electron chi connectivity index (χ1n) is 5.85. The third kappa shape index (κ3) is 3.52. The van der Waals surface area contributed by atoms with Crippen LogP contribution in [-0.2, 0) is 11.3 Å². The second kappa shape index (κ2) is 5.89. The molecule has 1 rings (SSSR count). The maximum absolute atomic E-state index is 5.29. The molecule has 0 spiro atoms. The van der Waals surface area contributed by atoms with Crippen LogP contribution in [-0.4, -0.2) is 29.0 Å². The summed E-state index contributed by atoms with van der Waals surface area (Å²) >= 11 is 0. The van der Waals surface area contributed by atoms with E-state index in [1.54, 1.807) is 7.11 Å². The molecule has 0 saturated heterocycles. The standard InChI is InChI=1S/C12H23N3O/c1-9(2)8-15-12(6-7-13-15)14-10(3)11(4)16-5/h6-7,9-11,14H,8H2,1-5H3. The van der Waals surface area contributed by atoms with E-state index in [9.17, 15) is 0 Å². The molecule has 2 atom stereocenters. The van der Waals surface area contributed by atoms with Gasteiger partial charge in [-0.1, -0.05) is 13.8 Å². The lowest BCUT2D eigenvalue weighted by Crippen LogP contribution is -2.30. The van der Waals surface area contributed by atoms with Gasteiger partial charge in [0.05, 0.1) is 18.3 Å². The number of nitrogens with one attached hydrogen (secondary N) is 1. The third-order valence-corrected chi connectivity index (χ3v) is 2.71. The van der Waals surface area contributed by atoms with Gasteiger partial charge in [-0.3, -0.25) is 0 Å². The summed E-state index contributed by atoms with van der Waals surface area (Å²) in [4.78, 5) is 0. The highest BCUT2D eigenvalue weighted by Crippen LogP contribution is 2.12. The molecule has 1 N–H and O–H groups in total. The van der Waals surface area contributed by atoms with Gasteiger partial charge in [-0.2, -0.15) is 5.10 Å². The SMILES string of the molecule is COC(C)C(C)Nc1ccnn1CC(C)C. The molecule has 0 aliphatic heterocycles. The van der Waals surface area contributed by atoms with Crippen LogP contribution in [0.4, 0.5) is 5.82 Å². The zero-order valence-corrected chi connectivity index (χ0v) is 10.9. The quantitative estimate of drug-likeness (QED) is 0.808. The molecule has 0 fully saturated rings. The molecule has 0 aliphatic carbocycles. The molecule has 4 nitrogen and oxygen atoms in total. The van der Waals surface area contributed by atoms with Crippen LogP contribution in [0, 0.1) is 5.92 Å². The van der Waals surface area contributed by atoms with Crippen molar-refractivity contribution in [2.75, 3.05) is 12.4 Å². The van der Waals surface area contributed by atoms with E-state index in [1.807, 2.05) is 16.9 Å². The summed E-state index contributed by atoms with van der Waals surface area (Å²) in [7, 11) is 1.73. The van der Waals surface area contributed by atoms with Crippen molar-refractivity contribution >= 4 is 5.82 Å². The van der Waals surface area contributed by atoms with E-state index in [-0.39, 0.29) is 12.1 Å². The van der Waals surface area contributed by atoms with E-state index in [4.69, 9.17) is 4.74 Å². The Labute approximate surface area is 98.0 Å².